The van der Waals surface area contributed by atoms with Crippen LogP contribution in [0.1, 0.15) is 72.7 Å². The fourth-order valence-electron chi connectivity index (χ4n) is 3.34. The van der Waals surface area contributed by atoms with Crippen molar-refractivity contribution in [3.63, 3.8) is 0 Å². The molecule has 7 heteroatoms. The maximum absolute atomic E-state index is 14.5. The topological polar surface area (TPSA) is 91.3 Å². The van der Waals surface area contributed by atoms with Gasteiger partial charge in [0.05, 0.1) is 22.9 Å². The molecule has 166 valence electrons. The zero-order chi connectivity index (χ0) is 22.8. The Balaban J connectivity index is 1.80. The first-order valence-corrected chi connectivity index (χ1v) is 10.7. The fourth-order valence-corrected chi connectivity index (χ4v) is 3.34. The van der Waals surface area contributed by atoms with Gasteiger partial charge in [-0.05, 0) is 69.9 Å². The van der Waals surface area contributed by atoms with Gasteiger partial charge in [0, 0.05) is 23.4 Å². The Morgan fingerprint density at radius 3 is 2.52 bits per heavy atom. The van der Waals surface area contributed by atoms with Crippen LogP contribution in [0.15, 0.2) is 30.5 Å². The average Bonchev–Trinajstić information content (AvgIpc) is 3.54. The third-order valence-electron chi connectivity index (χ3n) is 5.65. The number of benzene rings is 1. The lowest BCUT2D eigenvalue weighted by atomic mass is 9.93. The highest BCUT2D eigenvalue weighted by molar-refractivity contribution is 5.96. The van der Waals surface area contributed by atoms with E-state index in [2.05, 4.69) is 15.6 Å². The van der Waals surface area contributed by atoms with Crippen molar-refractivity contribution < 1.29 is 19.1 Å². The number of hydrogen-bond donors (Lipinski definition) is 3. The third-order valence-corrected chi connectivity index (χ3v) is 5.65. The van der Waals surface area contributed by atoms with Gasteiger partial charge >= 0.3 is 0 Å². The molecule has 1 aromatic heterocycles. The van der Waals surface area contributed by atoms with Crippen LogP contribution < -0.4 is 10.6 Å². The van der Waals surface area contributed by atoms with Crippen molar-refractivity contribution in [1.29, 1.82) is 0 Å². The molecule has 1 saturated carbocycles. The van der Waals surface area contributed by atoms with Crippen LogP contribution in [-0.4, -0.2) is 39.6 Å². The molecule has 2 amide bonds. The zero-order valence-electron chi connectivity index (χ0n) is 18.5. The maximum Gasteiger partial charge on any atom is 0.253 e. The van der Waals surface area contributed by atoms with Gasteiger partial charge in [-0.15, -0.1) is 0 Å². The smallest absolute Gasteiger partial charge is 0.253 e. The van der Waals surface area contributed by atoms with Crippen molar-refractivity contribution >= 4 is 11.8 Å². The van der Waals surface area contributed by atoms with E-state index < -0.39 is 17.5 Å². The number of carbonyl (C=O) groups is 2. The molecule has 2 aromatic rings. The minimum atomic E-state index is -0.783. The number of rotatable bonds is 8. The Bertz CT molecular complexity index is 969. The summed E-state index contributed by atoms with van der Waals surface area (Å²) in [5.74, 6) is -1.13. The summed E-state index contributed by atoms with van der Waals surface area (Å²) in [5.41, 5.74) is 1.17. The van der Waals surface area contributed by atoms with Gasteiger partial charge in [-0.2, -0.15) is 0 Å². The Morgan fingerprint density at radius 1 is 1.23 bits per heavy atom. The van der Waals surface area contributed by atoms with Crippen LogP contribution in [0.2, 0.25) is 0 Å². The average molecular weight is 428 g/mol. The van der Waals surface area contributed by atoms with Gasteiger partial charge in [0.1, 0.15) is 5.82 Å². The molecule has 3 N–H and O–H groups in total. The van der Waals surface area contributed by atoms with Crippen LogP contribution in [-0.2, 0) is 0 Å². The van der Waals surface area contributed by atoms with E-state index in [0.29, 0.717) is 28.8 Å². The summed E-state index contributed by atoms with van der Waals surface area (Å²) < 4.78 is 14.5. The Labute approximate surface area is 182 Å². The molecule has 1 atom stereocenters. The second-order valence-electron chi connectivity index (χ2n) is 8.79. The highest BCUT2D eigenvalue weighted by Crippen LogP contribution is 2.27. The molecule has 1 aliphatic rings. The molecular formula is C24H30FN3O3. The number of aliphatic hydroxyl groups excluding tert-OH is 1. The van der Waals surface area contributed by atoms with Crippen LogP contribution in [0.3, 0.4) is 0 Å². The highest BCUT2D eigenvalue weighted by Gasteiger charge is 2.29. The van der Waals surface area contributed by atoms with E-state index in [0.717, 1.165) is 19.3 Å². The van der Waals surface area contributed by atoms with Crippen molar-refractivity contribution in [2.24, 2.45) is 0 Å². The first-order chi connectivity index (χ1) is 14.6. The normalized spacial score (nSPS) is 14.8. The summed E-state index contributed by atoms with van der Waals surface area (Å²) in [7, 11) is 0. The Morgan fingerprint density at radius 2 is 1.94 bits per heavy atom. The fraction of sp³-hybridized carbons (Fsp3) is 0.458. The van der Waals surface area contributed by atoms with E-state index in [1.54, 1.807) is 39.0 Å². The summed E-state index contributed by atoms with van der Waals surface area (Å²) in [6.07, 6.45) is 4.05. The van der Waals surface area contributed by atoms with Crippen molar-refractivity contribution in [2.75, 3.05) is 0 Å². The highest BCUT2D eigenvalue weighted by atomic mass is 19.1. The van der Waals surface area contributed by atoms with Crippen LogP contribution in [0.25, 0.3) is 11.3 Å². The summed E-state index contributed by atoms with van der Waals surface area (Å²) >= 11 is 0. The van der Waals surface area contributed by atoms with Gasteiger partial charge in [0.15, 0.2) is 0 Å². The predicted molar refractivity (Wildman–Crippen MR) is 117 cm³/mol. The van der Waals surface area contributed by atoms with Gasteiger partial charge in [-0.25, -0.2) is 4.39 Å². The molecule has 1 aromatic carbocycles. The second-order valence-corrected chi connectivity index (χ2v) is 8.79. The molecule has 3 rings (SSSR count). The van der Waals surface area contributed by atoms with Crippen LogP contribution in [0.4, 0.5) is 4.39 Å². The molecule has 31 heavy (non-hydrogen) atoms. The molecule has 1 heterocycles. The van der Waals surface area contributed by atoms with E-state index in [9.17, 15) is 19.1 Å². The first kappa shape index (κ1) is 22.9. The van der Waals surface area contributed by atoms with Gasteiger partial charge in [-0.3, -0.25) is 14.6 Å². The molecule has 0 saturated heterocycles. The molecule has 0 spiro atoms. The van der Waals surface area contributed by atoms with Gasteiger partial charge in [-0.1, -0.05) is 13.3 Å². The number of halogens is 1. The van der Waals surface area contributed by atoms with Crippen LogP contribution >= 0.6 is 0 Å². The molecule has 1 unspecified atom stereocenters. The standard InChI is InChI=1S/C24H30FN3O3/c1-5-6-21(29)24(3,4)28-23(31)15-7-10-20(26-13-15)18-11-16(12-19(25)14(18)2)22(30)27-17-8-9-17/h7,10-13,17,21,29H,5-6,8-9H2,1-4H3,(H,27,30)(H,28,31). The Hall–Kier alpha value is -2.80. The van der Waals surface area contributed by atoms with E-state index >= 15 is 0 Å². The Kier molecular flexibility index (Phi) is 6.74. The number of hydrogen-bond acceptors (Lipinski definition) is 4. The minimum absolute atomic E-state index is 0.177. The summed E-state index contributed by atoms with van der Waals surface area (Å²) in [4.78, 5) is 29.3. The minimum Gasteiger partial charge on any atom is -0.391 e. The molecule has 1 fully saturated rings. The predicted octanol–water partition coefficient (Wildman–Crippen LogP) is 3.76. The zero-order valence-corrected chi connectivity index (χ0v) is 18.5. The van der Waals surface area contributed by atoms with Crippen molar-refractivity contribution in [3.8, 4) is 11.3 Å². The number of aromatic nitrogens is 1. The van der Waals surface area contributed by atoms with E-state index in [1.807, 2.05) is 6.92 Å². The summed E-state index contributed by atoms with van der Waals surface area (Å²) in [6, 6.07) is 6.28. The largest absolute Gasteiger partial charge is 0.391 e. The van der Waals surface area contributed by atoms with Crippen LogP contribution in [0, 0.1) is 12.7 Å². The number of pyridine rings is 1. The molecule has 6 nitrogen and oxygen atoms in total. The number of carbonyl (C=O) groups excluding carboxylic acids is 2. The molecule has 0 bridgehead atoms. The number of nitrogens with one attached hydrogen (secondary N) is 2. The maximum atomic E-state index is 14.5. The summed E-state index contributed by atoms with van der Waals surface area (Å²) in [6.45, 7) is 7.15. The lowest BCUT2D eigenvalue weighted by Gasteiger charge is -2.31. The number of aliphatic hydroxyl groups is 1. The lowest BCUT2D eigenvalue weighted by molar-refractivity contribution is 0.0592. The first-order valence-electron chi connectivity index (χ1n) is 10.7. The van der Waals surface area contributed by atoms with E-state index in [1.165, 1.54) is 12.3 Å². The quantitative estimate of drug-likeness (QED) is 0.598. The molecule has 0 aliphatic heterocycles. The SMILES string of the molecule is CCCC(O)C(C)(C)NC(=O)c1ccc(-c2cc(C(=O)NC3CC3)cc(F)c2C)nc1. The van der Waals surface area contributed by atoms with Crippen LogP contribution in [0.5, 0.6) is 0 Å². The van der Waals surface area contributed by atoms with Gasteiger partial charge in [0.25, 0.3) is 11.8 Å². The molecule has 0 radical (unpaired) electrons. The third kappa shape index (κ3) is 5.47. The number of nitrogens with zero attached hydrogens (tertiary/aromatic N) is 1. The van der Waals surface area contributed by atoms with E-state index in [4.69, 9.17) is 0 Å². The van der Waals surface area contributed by atoms with Gasteiger partial charge in [0.2, 0.25) is 0 Å². The summed E-state index contributed by atoms with van der Waals surface area (Å²) in [5, 5.41) is 16.0. The molecule has 1 aliphatic carbocycles. The lowest BCUT2D eigenvalue weighted by Crippen LogP contribution is -2.52. The van der Waals surface area contributed by atoms with Crippen molar-refractivity contribution in [2.45, 2.75) is 71.1 Å². The number of amides is 2. The monoisotopic (exact) mass is 427 g/mol. The van der Waals surface area contributed by atoms with Gasteiger partial charge < -0.3 is 15.7 Å². The van der Waals surface area contributed by atoms with E-state index in [-0.39, 0.29) is 23.4 Å². The second kappa shape index (κ2) is 9.14. The van der Waals surface area contributed by atoms with Crippen molar-refractivity contribution in [3.05, 3.63) is 53.0 Å². The molecular weight excluding hydrogens is 397 g/mol. The van der Waals surface area contributed by atoms with Crippen molar-refractivity contribution in [1.82, 2.24) is 15.6 Å².